The molecule has 1 unspecified atom stereocenters. The first kappa shape index (κ1) is 11.8. The van der Waals surface area contributed by atoms with E-state index in [1.54, 1.807) is 6.92 Å². The summed E-state index contributed by atoms with van der Waals surface area (Å²) in [5, 5.41) is 17.9. The minimum absolute atomic E-state index is 0.105. The molecule has 0 aromatic heterocycles. The van der Waals surface area contributed by atoms with Crippen molar-refractivity contribution in [3.05, 3.63) is 0 Å². The molecule has 0 saturated carbocycles. The SMILES string of the molecule is CC(N)N(OCCO)OCCO. The second kappa shape index (κ2) is 7.41. The van der Waals surface area contributed by atoms with E-state index < -0.39 is 6.17 Å². The van der Waals surface area contributed by atoms with Crippen molar-refractivity contribution in [1.29, 1.82) is 0 Å². The average Bonchev–Trinajstić information content (AvgIpc) is 2.04. The second-order valence-corrected chi connectivity index (χ2v) is 2.14. The van der Waals surface area contributed by atoms with E-state index in [0.717, 1.165) is 5.23 Å². The quantitative estimate of drug-likeness (QED) is 0.324. The molecular formula is C6H16N2O4. The highest BCUT2D eigenvalue weighted by Crippen LogP contribution is 1.95. The summed E-state index contributed by atoms with van der Waals surface area (Å²) in [6.45, 7) is 1.69. The molecular weight excluding hydrogens is 164 g/mol. The Morgan fingerprint density at radius 3 is 1.92 bits per heavy atom. The van der Waals surface area contributed by atoms with Crippen LogP contribution in [-0.4, -0.2) is 48.0 Å². The third-order valence-electron chi connectivity index (χ3n) is 0.952. The molecule has 0 amide bonds. The molecule has 12 heavy (non-hydrogen) atoms. The van der Waals surface area contributed by atoms with Crippen molar-refractivity contribution in [2.45, 2.75) is 13.1 Å². The first-order valence-corrected chi connectivity index (χ1v) is 3.74. The van der Waals surface area contributed by atoms with Crippen molar-refractivity contribution in [3.8, 4) is 0 Å². The van der Waals surface area contributed by atoms with Gasteiger partial charge in [0.2, 0.25) is 0 Å². The molecule has 1 atom stereocenters. The minimum Gasteiger partial charge on any atom is -0.394 e. The molecule has 6 heteroatoms. The molecule has 0 aliphatic carbocycles. The smallest absolute Gasteiger partial charge is 0.107 e. The average molecular weight is 180 g/mol. The van der Waals surface area contributed by atoms with Crippen molar-refractivity contribution in [2.24, 2.45) is 5.73 Å². The predicted octanol–water partition coefficient (Wildman–Crippen LogP) is -1.56. The molecule has 0 bridgehead atoms. The molecule has 0 rings (SSSR count). The molecule has 74 valence electrons. The summed E-state index contributed by atoms with van der Waals surface area (Å²) in [7, 11) is 0. The van der Waals surface area contributed by atoms with Gasteiger partial charge >= 0.3 is 0 Å². The molecule has 0 radical (unpaired) electrons. The van der Waals surface area contributed by atoms with Crippen molar-refractivity contribution < 1.29 is 19.9 Å². The Morgan fingerprint density at radius 1 is 1.25 bits per heavy atom. The second-order valence-electron chi connectivity index (χ2n) is 2.14. The van der Waals surface area contributed by atoms with Gasteiger partial charge in [-0.05, 0) is 12.2 Å². The van der Waals surface area contributed by atoms with Crippen LogP contribution in [0.3, 0.4) is 0 Å². The van der Waals surface area contributed by atoms with Gasteiger partial charge in [-0.1, -0.05) is 0 Å². The number of hydroxylamine groups is 2. The maximum Gasteiger partial charge on any atom is 0.107 e. The van der Waals surface area contributed by atoms with Crippen molar-refractivity contribution in [1.82, 2.24) is 5.23 Å². The minimum atomic E-state index is -0.442. The van der Waals surface area contributed by atoms with Crippen LogP contribution in [0.5, 0.6) is 0 Å². The first-order valence-electron chi connectivity index (χ1n) is 3.74. The molecule has 6 nitrogen and oxygen atoms in total. The zero-order chi connectivity index (χ0) is 9.40. The van der Waals surface area contributed by atoms with Crippen molar-refractivity contribution in [3.63, 3.8) is 0 Å². The molecule has 0 aliphatic rings. The van der Waals surface area contributed by atoms with Gasteiger partial charge in [0.05, 0.1) is 26.4 Å². The molecule has 0 spiro atoms. The number of rotatable bonds is 7. The number of nitrogens with two attached hydrogens (primary N) is 1. The van der Waals surface area contributed by atoms with Gasteiger partial charge in [0.25, 0.3) is 0 Å². The first-order chi connectivity index (χ1) is 5.72. The van der Waals surface area contributed by atoms with Gasteiger partial charge in [-0.3, -0.25) is 9.68 Å². The van der Waals surface area contributed by atoms with E-state index in [1.165, 1.54) is 0 Å². The van der Waals surface area contributed by atoms with Gasteiger partial charge in [0.15, 0.2) is 0 Å². The van der Waals surface area contributed by atoms with Crippen molar-refractivity contribution >= 4 is 0 Å². The molecule has 0 fully saturated rings. The Morgan fingerprint density at radius 2 is 1.67 bits per heavy atom. The van der Waals surface area contributed by atoms with Crippen LogP contribution in [-0.2, 0) is 9.68 Å². The summed E-state index contributed by atoms with van der Waals surface area (Å²) >= 11 is 0. The van der Waals surface area contributed by atoms with Gasteiger partial charge in [0, 0.05) is 0 Å². The van der Waals surface area contributed by atoms with Crippen LogP contribution in [0.25, 0.3) is 0 Å². The Balaban J connectivity index is 3.55. The molecule has 0 aromatic carbocycles. The fraction of sp³-hybridized carbons (Fsp3) is 1.00. The summed E-state index contributed by atoms with van der Waals surface area (Å²) in [6.07, 6.45) is -0.442. The monoisotopic (exact) mass is 180 g/mol. The fourth-order valence-electron chi connectivity index (χ4n) is 0.534. The van der Waals surface area contributed by atoms with Gasteiger partial charge in [-0.25, -0.2) is 0 Å². The third kappa shape index (κ3) is 5.42. The Bertz CT molecular complexity index is 93.5. The lowest BCUT2D eigenvalue weighted by Gasteiger charge is -2.23. The Labute approximate surface area is 71.4 Å². The lowest BCUT2D eigenvalue weighted by molar-refractivity contribution is -0.388. The van der Waals surface area contributed by atoms with E-state index in [1.807, 2.05) is 0 Å². The molecule has 0 saturated heterocycles. The lowest BCUT2D eigenvalue weighted by atomic mass is 10.6. The number of aliphatic hydroxyl groups is 2. The molecule has 0 aliphatic heterocycles. The zero-order valence-corrected chi connectivity index (χ0v) is 7.14. The maximum absolute atomic E-state index is 8.42. The highest BCUT2D eigenvalue weighted by atomic mass is 17.0. The van der Waals surface area contributed by atoms with Crippen molar-refractivity contribution in [2.75, 3.05) is 26.4 Å². The van der Waals surface area contributed by atoms with E-state index in [0.29, 0.717) is 0 Å². The third-order valence-corrected chi connectivity index (χ3v) is 0.952. The molecule has 0 aromatic rings. The maximum atomic E-state index is 8.42. The van der Waals surface area contributed by atoms with Crippen LogP contribution >= 0.6 is 0 Å². The summed E-state index contributed by atoms with van der Waals surface area (Å²) < 4.78 is 0. The van der Waals surface area contributed by atoms with E-state index in [9.17, 15) is 0 Å². The largest absolute Gasteiger partial charge is 0.394 e. The van der Waals surface area contributed by atoms with Crippen LogP contribution in [0, 0.1) is 0 Å². The highest BCUT2D eigenvalue weighted by molar-refractivity contribution is 4.38. The Kier molecular flexibility index (Phi) is 7.26. The zero-order valence-electron chi connectivity index (χ0n) is 7.14. The standard InChI is InChI=1S/C6H16N2O4/c1-6(7)8(11-4-2-9)12-5-3-10/h6,9-10H,2-5,7H2,1H3. The van der Waals surface area contributed by atoms with Crippen LogP contribution in [0.1, 0.15) is 6.92 Å². The van der Waals surface area contributed by atoms with Crippen LogP contribution < -0.4 is 5.73 Å². The number of hydrogen-bond donors (Lipinski definition) is 3. The highest BCUT2D eigenvalue weighted by Gasteiger charge is 2.10. The number of aliphatic hydroxyl groups excluding tert-OH is 2. The Hall–Kier alpha value is -0.240. The fourth-order valence-corrected chi connectivity index (χ4v) is 0.534. The van der Waals surface area contributed by atoms with Gasteiger partial charge < -0.3 is 15.9 Å². The normalized spacial score (nSPS) is 13.8. The lowest BCUT2D eigenvalue weighted by Crippen LogP contribution is -2.40. The summed E-state index contributed by atoms with van der Waals surface area (Å²) in [5.41, 5.74) is 5.43. The summed E-state index contributed by atoms with van der Waals surface area (Å²) in [4.78, 5) is 9.76. The van der Waals surface area contributed by atoms with Gasteiger partial charge in [-0.2, -0.15) is 0 Å². The van der Waals surface area contributed by atoms with E-state index in [-0.39, 0.29) is 26.4 Å². The van der Waals surface area contributed by atoms with E-state index in [2.05, 4.69) is 0 Å². The predicted molar refractivity (Wildman–Crippen MR) is 41.6 cm³/mol. The van der Waals surface area contributed by atoms with Gasteiger partial charge in [-0.15, -0.1) is 0 Å². The van der Waals surface area contributed by atoms with Gasteiger partial charge in [0.1, 0.15) is 6.17 Å². The molecule has 4 N–H and O–H groups in total. The van der Waals surface area contributed by atoms with Crippen LogP contribution in [0.4, 0.5) is 0 Å². The number of nitrogens with zero attached hydrogens (tertiary/aromatic N) is 1. The molecule has 0 heterocycles. The topological polar surface area (TPSA) is 88.2 Å². The van der Waals surface area contributed by atoms with Crippen LogP contribution in [0.2, 0.25) is 0 Å². The van der Waals surface area contributed by atoms with E-state index >= 15 is 0 Å². The van der Waals surface area contributed by atoms with E-state index in [4.69, 9.17) is 25.6 Å². The summed E-state index contributed by atoms with van der Waals surface area (Å²) in [6, 6.07) is 0. The van der Waals surface area contributed by atoms with Crippen LogP contribution in [0.15, 0.2) is 0 Å². The summed E-state index contributed by atoms with van der Waals surface area (Å²) in [5.74, 6) is 0. The number of hydrogen-bond acceptors (Lipinski definition) is 6.